The molecule has 0 radical (unpaired) electrons. The first-order valence-electron chi connectivity index (χ1n) is 12.4. The van der Waals surface area contributed by atoms with Gasteiger partial charge < -0.3 is 19.5 Å². The van der Waals surface area contributed by atoms with Crippen molar-refractivity contribution in [3.63, 3.8) is 0 Å². The van der Waals surface area contributed by atoms with Gasteiger partial charge in [-0.15, -0.1) is 0 Å². The minimum atomic E-state index is -0.0488. The average Bonchev–Trinajstić information content (AvgIpc) is 3.28. The lowest BCUT2D eigenvalue weighted by Crippen LogP contribution is -2.46. The number of hydrogen-bond acceptors (Lipinski definition) is 4. The number of imidazole rings is 1. The molecule has 5 rings (SSSR count). The summed E-state index contributed by atoms with van der Waals surface area (Å²) in [6.45, 7) is 4.30. The second kappa shape index (κ2) is 9.67. The lowest BCUT2D eigenvalue weighted by molar-refractivity contribution is -0.127. The third-order valence-electron chi connectivity index (χ3n) is 7.49. The molecule has 1 aromatic carbocycles. The number of aromatic nitrogens is 2. The van der Waals surface area contributed by atoms with Crippen molar-refractivity contribution in [2.75, 3.05) is 13.1 Å². The topological polar surface area (TPSA) is 76.5 Å². The second-order valence-corrected chi connectivity index (χ2v) is 9.81. The smallest absolute Gasteiger partial charge is 0.274 e. The fourth-order valence-corrected chi connectivity index (χ4v) is 5.35. The molecule has 0 bridgehead atoms. The number of hydrogen-bond donors (Lipinski definition) is 1. The third kappa shape index (κ3) is 4.83. The van der Waals surface area contributed by atoms with Crippen LogP contribution in [0.25, 0.3) is 0 Å². The summed E-state index contributed by atoms with van der Waals surface area (Å²) in [5, 5.41) is 3.25. The summed E-state index contributed by atoms with van der Waals surface area (Å²) in [4.78, 5) is 32.2. The predicted octanol–water partition coefficient (Wildman–Crippen LogP) is 3.76. The van der Waals surface area contributed by atoms with E-state index < -0.39 is 0 Å². The zero-order valence-electron chi connectivity index (χ0n) is 19.5. The van der Waals surface area contributed by atoms with E-state index in [0.29, 0.717) is 50.8 Å². The number of amides is 2. The van der Waals surface area contributed by atoms with Crippen molar-refractivity contribution in [1.29, 1.82) is 0 Å². The van der Waals surface area contributed by atoms with Gasteiger partial charge in [-0.25, -0.2) is 4.98 Å². The van der Waals surface area contributed by atoms with Crippen molar-refractivity contribution < 1.29 is 14.3 Å². The number of likely N-dealkylation sites (tertiary alicyclic amines) is 1. The van der Waals surface area contributed by atoms with Gasteiger partial charge in [0.2, 0.25) is 5.91 Å². The molecule has 2 aliphatic heterocycles. The number of nitrogens with zero attached hydrogens (tertiary/aromatic N) is 3. The molecule has 7 heteroatoms. The first-order valence-corrected chi connectivity index (χ1v) is 12.4. The van der Waals surface area contributed by atoms with Gasteiger partial charge in [-0.05, 0) is 38.2 Å². The van der Waals surface area contributed by atoms with Crippen LogP contribution >= 0.6 is 0 Å². The molecular weight excluding hydrogens is 416 g/mol. The summed E-state index contributed by atoms with van der Waals surface area (Å²) in [7, 11) is 0. The molecule has 1 saturated carbocycles. The molecule has 1 saturated heterocycles. The van der Waals surface area contributed by atoms with Crippen LogP contribution in [-0.4, -0.2) is 45.4 Å². The summed E-state index contributed by atoms with van der Waals surface area (Å²) >= 11 is 0. The summed E-state index contributed by atoms with van der Waals surface area (Å²) in [6, 6.07) is 8.73. The van der Waals surface area contributed by atoms with Gasteiger partial charge in [0.05, 0.1) is 25.2 Å². The molecule has 1 atom stereocenters. The third-order valence-corrected chi connectivity index (χ3v) is 7.49. The van der Waals surface area contributed by atoms with E-state index in [0.717, 1.165) is 24.1 Å². The van der Waals surface area contributed by atoms with Crippen LogP contribution in [0.2, 0.25) is 0 Å². The number of nitrogens with one attached hydrogen (secondary N) is 1. The zero-order valence-corrected chi connectivity index (χ0v) is 19.5. The Morgan fingerprint density at radius 1 is 1.03 bits per heavy atom. The maximum atomic E-state index is 13.2. The van der Waals surface area contributed by atoms with Crippen LogP contribution in [0.3, 0.4) is 0 Å². The molecule has 0 unspecified atom stereocenters. The Labute approximate surface area is 195 Å². The van der Waals surface area contributed by atoms with E-state index in [4.69, 9.17) is 4.74 Å². The number of rotatable bonds is 4. The first kappa shape index (κ1) is 22.1. The standard InChI is InChI=1S/C26H34N4O3/c1-18-7-9-19(10-8-18)23-15-30-17-27-24(22(30)16-33-23)26(32)29-13-11-20(12-14-29)25(31)28-21-5-3-2-4-6-21/h7-10,17,20-21,23H,2-6,11-16H2,1H3,(H,28,31)/t23-/m0/s1. The van der Waals surface area contributed by atoms with E-state index in [-0.39, 0.29) is 23.8 Å². The molecule has 3 heterocycles. The highest BCUT2D eigenvalue weighted by Gasteiger charge is 2.32. The van der Waals surface area contributed by atoms with Crippen molar-refractivity contribution in [1.82, 2.24) is 19.8 Å². The quantitative estimate of drug-likeness (QED) is 0.769. The number of piperidine rings is 1. The van der Waals surface area contributed by atoms with Crippen molar-refractivity contribution in [2.24, 2.45) is 5.92 Å². The molecule has 0 spiro atoms. The van der Waals surface area contributed by atoms with Crippen LogP contribution in [0.15, 0.2) is 30.6 Å². The largest absolute Gasteiger partial charge is 0.365 e. The number of aryl methyl sites for hydroxylation is 1. The highest BCUT2D eigenvalue weighted by atomic mass is 16.5. The molecule has 1 N–H and O–H groups in total. The van der Waals surface area contributed by atoms with Crippen LogP contribution < -0.4 is 5.32 Å². The molecule has 1 aromatic heterocycles. The van der Waals surface area contributed by atoms with Gasteiger partial charge in [-0.1, -0.05) is 49.1 Å². The van der Waals surface area contributed by atoms with E-state index in [1.807, 2.05) is 9.47 Å². The summed E-state index contributed by atoms with van der Waals surface area (Å²) in [5.41, 5.74) is 3.70. The Morgan fingerprint density at radius 2 is 1.76 bits per heavy atom. The lowest BCUT2D eigenvalue weighted by Gasteiger charge is -2.33. The highest BCUT2D eigenvalue weighted by molar-refractivity contribution is 5.93. The summed E-state index contributed by atoms with van der Waals surface area (Å²) in [6.07, 6.45) is 9.05. The molecule has 2 amide bonds. The number of carbonyl (C=O) groups excluding carboxylic acids is 2. The second-order valence-electron chi connectivity index (χ2n) is 9.81. The molecule has 1 aliphatic carbocycles. The number of benzene rings is 1. The number of carbonyl (C=O) groups is 2. The predicted molar refractivity (Wildman–Crippen MR) is 125 cm³/mol. The van der Waals surface area contributed by atoms with E-state index in [9.17, 15) is 9.59 Å². The lowest BCUT2D eigenvalue weighted by atomic mass is 9.92. The molecule has 33 heavy (non-hydrogen) atoms. The van der Waals surface area contributed by atoms with E-state index in [1.54, 1.807) is 6.33 Å². The Hall–Kier alpha value is -2.67. The molecule has 7 nitrogen and oxygen atoms in total. The fourth-order valence-electron chi connectivity index (χ4n) is 5.35. The van der Waals surface area contributed by atoms with Gasteiger partial charge >= 0.3 is 0 Å². The van der Waals surface area contributed by atoms with Crippen LogP contribution in [0.4, 0.5) is 0 Å². The van der Waals surface area contributed by atoms with Crippen LogP contribution in [-0.2, 0) is 22.7 Å². The maximum Gasteiger partial charge on any atom is 0.274 e. The fraction of sp³-hybridized carbons (Fsp3) is 0.577. The van der Waals surface area contributed by atoms with Gasteiger partial charge in [0.15, 0.2) is 5.69 Å². The van der Waals surface area contributed by atoms with Gasteiger partial charge in [-0.3, -0.25) is 9.59 Å². The van der Waals surface area contributed by atoms with Gasteiger partial charge in [0, 0.05) is 25.0 Å². The monoisotopic (exact) mass is 450 g/mol. The van der Waals surface area contributed by atoms with Crippen molar-refractivity contribution >= 4 is 11.8 Å². The Balaban J connectivity index is 1.17. The van der Waals surface area contributed by atoms with E-state index >= 15 is 0 Å². The average molecular weight is 451 g/mol. The highest BCUT2D eigenvalue weighted by Crippen LogP contribution is 2.29. The minimum absolute atomic E-state index is 0.00508. The molecule has 2 fully saturated rings. The minimum Gasteiger partial charge on any atom is -0.365 e. The molecular formula is C26H34N4O3. The van der Waals surface area contributed by atoms with Crippen molar-refractivity contribution in [3.05, 3.63) is 53.1 Å². The Morgan fingerprint density at radius 3 is 2.48 bits per heavy atom. The SMILES string of the molecule is Cc1ccc([C@@H]2Cn3cnc(C(=O)N4CCC(C(=O)NC5CCCCC5)CC4)c3CO2)cc1. The molecule has 3 aliphatic rings. The van der Waals surface area contributed by atoms with Gasteiger partial charge in [0.25, 0.3) is 5.91 Å². The van der Waals surface area contributed by atoms with E-state index in [2.05, 4.69) is 41.5 Å². The van der Waals surface area contributed by atoms with Crippen LogP contribution in [0.1, 0.15) is 78.4 Å². The van der Waals surface area contributed by atoms with E-state index in [1.165, 1.54) is 24.8 Å². The molecule has 2 aromatic rings. The van der Waals surface area contributed by atoms with Gasteiger partial charge in [0.1, 0.15) is 6.10 Å². The summed E-state index contributed by atoms with van der Waals surface area (Å²) < 4.78 is 8.15. The maximum absolute atomic E-state index is 13.2. The van der Waals surface area contributed by atoms with Crippen LogP contribution in [0, 0.1) is 12.8 Å². The normalized spacial score (nSPS) is 22.1. The Kier molecular flexibility index (Phi) is 6.49. The number of fused-ring (bicyclic) bond motifs is 1. The van der Waals surface area contributed by atoms with Crippen molar-refractivity contribution in [3.8, 4) is 0 Å². The Bertz CT molecular complexity index is 985. The zero-order chi connectivity index (χ0) is 22.8. The van der Waals surface area contributed by atoms with Crippen LogP contribution in [0.5, 0.6) is 0 Å². The van der Waals surface area contributed by atoms with Gasteiger partial charge in [-0.2, -0.15) is 0 Å². The molecule has 176 valence electrons. The first-order chi connectivity index (χ1) is 16.1. The van der Waals surface area contributed by atoms with Crippen molar-refractivity contribution in [2.45, 2.75) is 77.2 Å². The number of ether oxygens (including phenoxy) is 1. The summed E-state index contributed by atoms with van der Waals surface area (Å²) in [5.74, 6) is 0.127.